The Morgan fingerprint density at radius 2 is 2.33 bits per heavy atom. The van der Waals surface area contributed by atoms with E-state index in [0.29, 0.717) is 17.0 Å². The highest BCUT2D eigenvalue weighted by atomic mass is 127. The smallest absolute Gasteiger partial charge is 0.311 e. The lowest BCUT2D eigenvalue weighted by atomic mass is 10.1. The average Bonchev–Trinajstić information content (AvgIpc) is 2.74. The predicted octanol–water partition coefficient (Wildman–Crippen LogP) is 1.97. The number of nitrogens with zero attached hydrogens (tertiary/aromatic N) is 2. The second-order valence-electron chi connectivity index (χ2n) is 3.87. The van der Waals surface area contributed by atoms with Crippen LogP contribution in [0.15, 0.2) is 16.7 Å². The summed E-state index contributed by atoms with van der Waals surface area (Å²) < 4.78 is 6.32. The van der Waals surface area contributed by atoms with Gasteiger partial charge >= 0.3 is 5.97 Å². The zero-order valence-corrected chi connectivity index (χ0v) is 13.3. The lowest BCUT2D eigenvalue weighted by molar-refractivity contribution is -0.145. The molecule has 96 valence electrons. The highest BCUT2D eigenvalue weighted by Crippen LogP contribution is 2.27. The molecule has 0 aromatic carbocycles. The number of carbonyl (C=O) groups is 2. The molecule has 1 amide bonds. The molecule has 7 heteroatoms. The number of hydrogen-bond donors (Lipinski definition) is 0. The van der Waals surface area contributed by atoms with Crippen LogP contribution in [0.5, 0.6) is 0 Å². The van der Waals surface area contributed by atoms with Crippen LogP contribution in [-0.4, -0.2) is 30.5 Å². The molecule has 18 heavy (non-hydrogen) atoms. The van der Waals surface area contributed by atoms with Crippen molar-refractivity contribution in [3.8, 4) is 0 Å². The topological polar surface area (TPSA) is 59.5 Å². The van der Waals surface area contributed by atoms with Gasteiger partial charge in [0.05, 0.1) is 13.0 Å². The van der Waals surface area contributed by atoms with Crippen molar-refractivity contribution in [1.29, 1.82) is 0 Å². The van der Waals surface area contributed by atoms with Crippen LogP contribution in [0.2, 0.25) is 0 Å². The van der Waals surface area contributed by atoms with Crippen molar-refractivity contribution in [2.75, 3.05) is 18.6 Å². The second-order valence-corrected chi connectivity index (χ2v) is 5.78. The number of aromatic nitrogens is 1. The minimum atomic E-state index is -0.401. The number of ether oxygens (including phenoxy) is 1. The highest BCUT2D eigenvalue weighted by Gasteiger charge is 2.36. The molecular weight excluding hydrogens is 415 g/mol. The number of amides is 1. The molecule has 1 aliphatic rings. The molecule has 0 radical (unpaired) electrons. The molecule has 1 aromatic rings. The van der Waals surface area contributed by atoms with Gasteiger partial charge in [-0.3, -0.25) is 14.5 Å². The minimum absolute atomic E-state index is 0.106. The van der Waals surface area contributed by atoms with E-state index in [-0.39, 0.29) is 18.3 Å². The molecule has 0 aliphatic carbocycles. The maximum Gasteiger partial charge on any atom is 0.311 e. The molecule has 1 fully saturated rings. The van der Waals surface area contributed by atoms with Crippen molar-refractivity contribution in [2.45, 2.75) is 6.42 Å². The van der Waals surface area contributed by atoms with E-state index in [1.807, 2.05) is 6.07 Å². The van der Waals surface area contributed by atoms with E-state index in [2.05, 4.69) is 48.2 Å². The van der Waals surface area contributed by atoms with E-state index < -0.39 is 5.92 Å². The Hall–Kier alpha value is -0.700. The number of anilines is 1. The van der Waals surface area contributed by atoms with Crippen LogP contribution in [0, 0.1) is 9.49 Å². The first-order chi connectivity index (χ1) is 8.52. The molecule has 1 atom stereocenters. The van der Waals surface area contributed by atoms with Gasteiger partial charge in [0.15, 0.2) is 0 Å². The Labute approximate surface area is 126 Å². The van der Waals surface area contributed by atoms with Gasteiger partial charge in [-0.2, -0.15) is 0 Å². The van der Waals surface area contributed by atoms with Gasteiger partial charge in [-0.25, -0.2) is 4.98 Å². The lowest BCUT2D eigenvalue weighted by Crippen LogP contribution is -2.27. The Bertz CT molecular complexity index is 509. The first-order valence-corrected chi connectivity index (χ1v) is 7.10. The van der Waals surface area contributed by atoms with Gasteiger partial charge in [0.2, 0.25) is 5.91 Å². The standard InChI is InChI=1S/C11H10BrIN2O3/c1-18-11(17)6-4-9(16)15(5-6)8-3-2-7(13)10(12)14-8/h2-3,6H,4-5H2,1H3. The average molecular weight is 425 g/mol. The third-order valence-corrected chi connectivity index (χ3v) is 4.94. The summed E-state index contributed by atoms with van der Waals surface area (Å²) in [6.45, 7) is 0.325. The summed E-state index contributed by atoms with van der Waals surface area (Å²) >= 11 is 5.47. The molecule has 0 spiro atoms. The molecule has 5 nitrogen and oxygen atoms in total. The fourth-order valence-corrected chi connectivity index (χ4v) is 2.43. The summed E-state index contributed by atoms with van der Waals surface area (Å²) in [5, 5.41) is 0. The Morgan fingerprint density at radius 1 is 1.61 bits per heavy atom. The molecular formula is C11H10BrIN2O3. The lowest BCUT2D eigenvalue weighted by Gasteiger charge is -2.15. The zero-order valence-electron chi connectivity index (χ0n) is 9.52. The third kappa shape index (κ3) is 2.66. The number of hydrogen-bond acceptors (Lipinski definition) is 4. The Kier molecular flexibility index (Phi) is 4.21. The summed E-state index contributed by atoms with van der Waals surface area (Å²) in [7, 11) is 1.33. The number of halogens is 2. The number of carbonyl (C=O) groups excluding carboxylic acids is 2. The van der Waals surface area contributed by atoms with Crippen molar-refractivity contribution < 1.29 is 14.3 Å². The number of methoxy groups -OCH3 is 1. The fourth-order valence-electron chi connectivity index (χ4n) is 1.81. The van der Waals surface area contributed by atoms with E-state index in [1.165, 1.54) is 12.0 Å². The van der Waals surface area contributed by atoms with E-state index in [0.717, 1.165) is 3.57 Å². The van der Waals surface area contributed by atoms with Gasteiger partial charge in [0, 0.05) is 16.5 Å². The second kappa shape index (κ2) is 5.52. The normalized spacial score (nSPS) is 19.2. The number of pyridine rings is 1. The molecule has 1 aliphatic heterocycles. The van der Waals surface area contributed by atoms with Crippen LogP contribution in [0.4, 0.5) is 5.82 Å². The highest BCUT2D eigenvalue weighted by molar-refractivity contribution is 14.1. The molecule has 0 saturated carbocycles. The molecule has 2 heterocycles. The maximum absolute atomic E-state index is 11.9. The van der Waals surface area contributed by atoms with Crippen molar-refractivity contribution in [2.24, 2.45) is 5.92 Å². The number of rotatable bonds is 2. The number of esters is 1. The van der Waals surface area contributed by atoms with Crippen LogP contribution in [-0.2, 0) is 14.3 Å². The minimum Gasteiger partial charge on any atom is -0.469 e. The quantitative estimate of drug-likeness (QED) is 0.413. The summed E-state index contributed by atoms with van der Waals surface area (Å²) in [5.74, 6) is -0.303. The largest absolute Gasteiger partial charge is 0.469 e. The van der Waals surface area contributed by atoms with E-state index >= 15 is 0 Å². The maximum atomic E-state index is 11.9. The van der Waals surface area contributed by atoms with Crippen LogP contribution < -0.4 is 4.90 Å². The third-order valence-electron chi connectivity index (χ3n) is 2.72. The summed E-state index contributed by atoms with van der Waals surface area (Å²) in [6.07, 6.45) is 0.179. The first-order valence-electron chi connectivity index (χ1n) is 5.23. The van der Waals surface area contributed by atoms with Crippen molar-refractivity contribution in [1.82, 2.24) is 4.98 Å². The molecule has 1 unspecified atom stereocenters. The molecule has 0 N–H and O–H groups in total. The molecule has 0 bridgehead atoms. The van der Waals surface area contributed by atoms with Gasteiger partial charge < -0.3 is 4.74 Å². The van der Waals surface area contributed by atoms with E-state index in [9.17, 15) is 9.59 Å². The van der Waals surface area contributed by atoms with E-state index in [4.69, 9.17) is 0 Å². The van der Waals surface area contributed by atoms with Crippen molar-refractivity contribution in [3.05, 3.63) is 20.3 Å². The van der Waals surface area contributed by atoms with E-state index in [1.54, 1.807) is 6.07 Å². The van der Waals surface area contributed by atoms with Crippen LogP contribution in [0.3, 0.4) is 0 Å². The molecule has 1 saturated heterocycles. The first kappa shape index (κ1) is 13.7. The molecule has 1 aromatic heterocycles. The summed E-state index contributed by atoms with van der Waals surface area (Å²) in [5.41, 5.74) is 0. The van der Waals surface area contributed by atoms with Crippen LogP contribution in [0.25, 0.3) is 0 Å². The van der Waals surface area contributed by atoms with Gasteiger partial charge in [-0.1, -0.05) is 0 Å². The predicted molar refractivity (Wildman–Crippen MR) is 77.1 cm³/mol. The van der Waals surface area contributed by atoms with Crippen LogP contribution in [0.1, 0.15) is 6.42 Å². The van der Waals surface area contributed by atoms with Gasteiger partial charge in [-0.05, 0) is 50.7 Å². The zero-order chi connectivity index (χ0) is 13.3. The van der Waals surface area contributed by atoms with Crippen molar-refractivity contribution >= 4 is 56.2 Å². The fraction of sp³-hybridized carbons (Fsp3) is 0.364. The molecule has 2 rings (SSSR count). The summed E-state index contributed by atoms with van der Waals surface area (Å²) in [4.78, 5) is 29.1. The van der Waals surface area contributed by atoms with Crippen LogP contribution >= 0.6 is 38.5 Å². The van der Waals surface area contributed by atoms with Gasteiger partial charge in [-0.15, -0.1) is 0 Å². The monoisotopic (exact) mass is 424 g/mol. The van der Waals surface area contributed by atoms with Crippen molar-refractivity contribution in [3.63, 3.8) is 0 Å². The Balaban J connectivity index is 2.21. The Morgan fingerprint density at radius 3 is 2.94 bits per heavy atom. The van der Waals surface area contributed by atoms with Gasteiger partial charge in [0.25, 0.3) is 0 Å². The summed E-state index contributed by atoms with van der Waals surface area (Å²) in [6, 6.07) is 3.63. The van der Waals surface area contributed by atoms with Gasteiger partial charge in [0.1, 0.15) is 10.4 Å². The SMILES string of the molecule is COC(=O)C1CC(=O)N(c2ccc(I)c(Br)n2)C1.